The number of piperidine rings is 1. The predicted octanol–water partition coefficient (Wildman–Crippen LogP) is 3.86. The summed E-state index contributed by atoms with van der Waals surface area (Å²) in [4.78, 5) is 14.1. The number of nitrogens with one attached hydrogen (secondary N) is 1. The van der Waals surface area contributed by atoms with Crippen LogP contribution in [0, 0.1) is 11.8 Å². The summed E-state index contributed by atoms with van der Waals surface area (Å²) >= 11 is 6.06. The van der Waals surface area contributed by atoms with Gasteiger partial charge < -0.3 is 15.0 Å². The maximum Gasteiger partial charge on any atom is 0.321 e. The molecule has 0 aliphatic carbocycles. The second-order valence-corrected chi connectivity index (χ2v) is 6.04. The summed E-state index contributed by atoms with van der Waals surface area (Å²) in [5.74, 6) is 1.69. The average Bonchev–Trinajstić information content (AvgIpc) is 2.37. The molecule has 1 saturated heterocycles. The molecule has 20 heavy (non-hydrogen) atoms. The van der Waals surface area contributed by atoms with Crippen molar-refractivity contribution in [3.8, 4) is 5.75 Å². The van der Waals surface area contributed by atoms with Crippen LogP contribution >= 0.6 is 11.6 Å². The van der Waals surface area contributed by atoms with Crippen LogP contribution in [-0.2, 0) is 0 Å². The molecule has 0 unspecified atom stereocenters. The number of carbonyl (C=O) groups excluding carboxylic acids is 1. The fourth-order valence-corrected chi connectivity index (χ4v) is 3.03. The van der Waals surface area contributed by atoms with Gasteiger partial charge in [-0.25, -0.2) is 4.79 Å². The molecule has 1 N–H and O–H groups in total. The van der Waals surface area contributed by atoms with E-state index in [4.69, 9.17) is 16.3 Å². The first-order valence-electron chi connectivity index (χ1n) is 6.89. The summed E-state index contributed by atoms with van der Waals surface area (Å²) in [5, 5.41) is 3.38. The second kappa shape index (κ2) is 6.35. The van der Waals surface area contributed by atoms with Gasteiger partial charge >= 0.3 is 6.03 Å². The van der Waals surface area contributed by atoms with Crippen molar-refractivity contribution >= 4 is 23.3 Å². The number of benzene rings is 1. The molecule has 1 aliphatic heterocycles. The lowest BCUT2D eigenvalue weighted by molar-refractivity contribution is 0.156. The molecule has 5 heteroatoms. The van der Waals surface area contributed by atoms with E-state index in [2.05, 4.69) is 19.2 Å². The van der Waals surface area contributed by atoms with Gasteiger partial charge in [-0.3, -0.25) is 0 Å². The Kier molecular flexibility index (Phi) is 4.76. The van der Waals surface area contributed by atoms with Crippen LogP contribution in [0.3, 0.4) is 0 Å². The van der Waals surface area contributed by atoms with Crippen LogP contribution in [0.15, 0.2) is 18.2 Å². The molecule has 1 aromatic carbocycles. The first-order valence-corrected chi connectivity index (χ1v) is 7.27. The van der Waals surface area contributed by atoms with E-state index in [1.54, 1.807) is 25.3 Å². The third-order valence-electron chi connectivity index (χ3n) is 3.56. The zero-order valence-electron chi connectivity index (χ0n) is 12.1. The van der Waals surface area contributed by atoms with Crippen molar-refractivity contribution < 1.29 is 9.53 Å². The van der Waals surface area contributed by atoms with Gasteiger partial charge in [-0.1, -0.05) is 25.4 Å². The summed E-state index contributed by atoms with van der Waals surface area (Å²) in [5.41, 5.74) is 0.687. The summed E-state index contributed by atoms with van der Waals surface area (Å²) < 4.78 is 5.09. The van der Waals surface area contributed by atoms with Crippen molar-refractivity contribution in [1.82, 2.24) is 4.90 Å². The Morgan fingerprint density at radius 2 is 2.00 bits per heavy atom. The minimum absolute atomic E-state index is 0.0652. The Hall–Kier alpha value is -1.42. The van der Waals surface area contributed by atoms with Crippen LogP contribution in [0.1, 0.15) is 20.3 Å². The highest BCUT2D eigenvalue weighted by Gasteiger charge is 2.25. The minimum atomic E-state index is -0.0652. The Morgan fingerprint density at radius 3 is 2.55 bits per heavy atom. The third-order valence-corrected chi connectivity index (χ3v) is 3.85. The van der Waals surface area contributed by atoms with Crippen LogP contribution in [0.25, 0.3) is 0 Å². The molecule has 0 aromatic heterocycles. The highest BCUT2D eigenvalue weighted by atomic mass is 35.5. The van der Waals surface area contributed by atoms with E-state index in [0.717, 1.165) is 13.1 Å². The molecule has 110 valence electrons. The predicted molar refractivity (Wildman–Crippen MR) is 81.5 cm³/mol. The van der Waals surface area contributed by atoms with Gasteiger partial charge in [-0.15, -0.1) is 0 Å². The van der Waals surface area contributed by atoms with Gasteiger partial charge in [-0.2, -0.15) is 0 Å². The standard InChI is InChI=1S/C15H21ClN2O2/c1-10-6-11(2)9-18(8-10)15(19)17-12-4-5-14(20-3)13(16)7-12/h4-5,7,10-11H,6,8-9H2,1-3H3,(H,17,19)/t10-,11+. The smallest absolute Gasteiger partial charge is 0.321 e. The summed E-state index contributed by atoms with van der Waals surface area (Å²) in [6, 6.07) is 5.18. The quantitative estimate of drug-likeness (QED) is 0.900. The van der Waals surface area contributed by atoms with Crippen molar-refractivity contribution in [3.05, 3.63) is 23.2 Å². The lowest BCUT2D eigenvalue weighted by Gasteiger charge is -2.34. The Morgan fingerprint density at radius 1 is 1.35 bits per heavy atom. The van der Waals surface area contributed by atoms with E-state index < -0.39 is 0 Å². The van der Waals surface area contributed by atoms with Crippen LogP contribution in [0.5, 0.6) is 5.75 Å². The summed E-state index contributed by atoms with van der Waals surface area (Å²) in [6.45, 7) is 5.97. The van der Waals surface area contributed by atoms with Crippen LogP contribution in [-0.4, -0.2) is 31.1 Å². The van der Waals surface area contributed by atoms with E-state index >= 15 is 0 Å². The number of hydrogen-bond acceptors (Lipinski definition) is 2. The van der Waals surface area contributed by atoms with Gasteiger partial charge in [-0.05, 0) is 36.5 Å². The van der Waals surface area contributed by atoms with E-state index in [0.29, 0.717) is 28.3 Å². The number of urea groups is 1. The first kappa shape index (κ1) is 15.0. The lowest BCUT2D eigenvalue weighted by Crippen LogP contribution is -2.44. The first-order chi connectivity index (χ1) is 9.49. The molecule has 2 amide bonds. The highest BCUT2D eigenvalue weighted by Crippen LogP contribution is 2.28. The van der Waals surface area contributed by atoms with Gasteiger partial charge in [0.25, 0.3) is 0 Å². The summed E-state index contributed by atoms with van der Waals surface area (Å²) in [6.07, 6.45) is 1.18. The highest BCUT2D eigenvalue weighted by molar-refractivity contribution is 6.32. The van der Waals surface area contributed by atoms with Crippen molar-refractivity contribution in [3.63, 3.8) is 0 Å². The number of hydrogen-bond donors (Lipinski definition) is 1. The molecule has 1 fully saturated rings. The van der Waals surface area contributed by atoms with Gasteiger partial charge in [0, 0.05) is 18.8 Å². The number of methoxy groups -OCH3 is 1. The number of rotatable bonds is 2. The molecule has 1 aromatic rings. The maximum absolute atomic E-state index is 12.3. The molecule has 0 radical (unpaired) electrons. The number of likely N-dealkylation sites (tertiary alicyclic amines) is 1. The zero-order valence-corrected chi connectivity index (χ0v) is 12.9. The van der Waals surface area contributed by atoms with E-state index in [1.807, 2.05) is 4.90 Å². The number of amides is 2. The van der Waals surface area contributed by atoms with Crippen molar-refractivity contribution in [1.29, 1.82) is 0 Å². The molecule has 1 aliphatic rings. The molecular formula is C15H21ClN2O2. The van der Waals surface area contributed by atoms with Crippen LogP contribution < -0.4 is 10.1 Å². The Labute approximate surface area is 125 Å². The van der Waals surface area contributed by atoms with Crippen LogP contribution in [0.2, 0.25) is 5.02 Å². The lowest BCUT2D eigenvalue weighted by atomic mass is 9.92. The molecule has 1 heterocycles. The van der Waals surface area contributed by atoms with Crippen molar-refractivity contribution in [2.75, 3.05) is 25.5 Å². The number of anilines is 1. The Balaban J connectivity index is 2.02. The minimum Gasteiger partial charge on any atom is -0.495 e. The largest absolute Gasteiger partial charge is 0.495 e. The topological polar surface area (TPSA) is 41.6 Å². The maximum atomic E-state index is 12.3. The molecule has 2 atom stereocenters. The molecule has 0 spiro atoms. The zero-order chi connectivity index (χ0) is 14.7. The van der Waals surface area contributed by atoms with Crippen molar-refractivity contribution in [2.45, 2.75) is 20.3 Å². The van der Waals surface area contributed by atoms with E-state index in [-0.39, 0.29) is 6.03 Å². The number of carbonyl (C=O) groups is 1. The number of halogens is 1. The third kappa shape index (κ3) is 3.57. The van der Waals surface area contributed by atoms with Crippen LogP contribution in [0.4, 0.5) is 10.5 Å². The van der Waals surface area contributed by atoms with E-state index in [9.17, 15) is 4.79 Å². The second-order valence-electron chi connectivity index (χ2n) is 5.63. The van der Waals surface area contributed by atoms with Gasteiger partial charge in [0.15, 0.2) is 0 Å². The van der Waals surface area contributed by atoms with Gasteiger partial charge in [0.2, 0.25) is 0 Å². The average molecular weight is 297 g/mol. The Bertz CT molecular complexity index is 483. The van der Waals surface area contributed by atoms with Gasteiger partial charge in [0.05, 0.1) is 12.1 Å². The molecule has 4 nitrogen and oxygen atoms in total. The number of nitrogens with zero attached hydrogens (tertiary/aromatic N) is 1. The number of ether oxygens (including phenoxy) is 1. The summed E-state index contributed by atoms with van der Waals surface area (Å²) in [7, 11) is 1.57. The SMILES string of the molecule is COc1ccc(NC(=O)N2C[C@H](C)C[C@H](C)C2)cc1Cl. The van der Waals surface area contributed by atoms with Crippen molar-refractivity contribution in [2.24, 2.45) is 11.8 Å². The monoisotopic (exact) mass is 296 g/mol. The molecule has 0 saturated carbocycles. The molecule has 2 rings (SSSR count). The normalized spacial score (nSPS) is 22.5. The van der Waals surface area contributed by atoms with E-state index in [1.165, 1.54) is 6.42 Å². The van der Waals surface area contributed by atoms with Gasteiger partial charge in [0.1, 0.15) is 5.75 Å². The molecular weight excluding hydrogens is 276 g/mol. The fraction of sp³-hybridized carbons (Fsp3) is 0.533. The molecule has 0 bridgehead atoms. The fourth-order valence-electron chi connectivity index (χ4n) is 2.78.